The number of benzene rings is 1. The van der Waals surface area contributed by atoms with Crippen LogP contribution in [-0.4, -0.2) is 41.5 Å². The van der Waals surface area contributed by atoms with Gasteiger partial charge in [-0.05, 0) is 43.9 Å². The molecule has 0 atom stereocenters. The highest BCUT2D eigenvalue weighted by molar-refractivity contribution is 5.93. The Morgan fingerprint density at radius 1 is 1.20 bits per heavy atom. The summed E-state index contributed by atoms with van der Waals surface area (Å²) in [5.74, 6) is 0.904. The second kappa shape index (κ2) is 9.65. The number of carbonyl (C=O) groups excluding carboxylic acids is 2. The van der Waals surface area contributed by atoms with Gasteiger partial charge in [-0.3, -0.25) is 14.3 Å². The highest BCUT2D eigenvalue weighted by Crippen LogP contribution is 2.32. The standard InChI is InChI=1S/C22H29N3O5/c1-14(2)12-25-16(4)18(15(3)24-25)6-8-22(27)30-13-21(26)23-17-5-7-19-20(11-17)29-10-9-28-19/h5,7,11,14H,6,8-10,12-13H2,1-4H3,(H,23,26). The maximum Gasteiger partial charge on any atom is 0.306 e. The smallest absolute Gasteiger partial charge is 0.306 e. The molecule has 0 saturated heterocycles. The molecule has 8 nitrogen and oxygen atoms in total. The van der Waals surface area contributed by atoms with Gasteiger partial charge in [0.05, 0.1) is 5.69 Å². The molecule has 162 valence electrons. The molecule has 1 aromatic carbocycles. The van der Waals surface area contributed by atoms with Crippen LogP contribution >= 0.6 is 0 Å². The van der Waals surface area contributed by atoms with Gasteiger partial charge in [0.15, 0.2) is 18.1 Å². The normalized spacial score (nSPS) is 12.7. The number of esters is 1. The van der Waals surface area contributed by atoms with Crippen molar-refractivity contribution >= 4 is 17.6 Å². The molecule has 0 saturated carbocycles. The van der Waals surface area contributed by atoms with Crippen molar-refractivity contribution < 1.29 is 23.8 Å². The summed E-state index contributed by atoms with van der Waals surface area (Å²) < 4.78 is 18.1. The number of hydrogen-bond acceptors (Lipinski definition) is 6. The summed E-state index contributed by atoms with van der Waals surface area (Å²) in [6, 6.07) is 5.14. The number of amides is 1. The summed E-state index contributed by atoms with van der Waals surface area (Å²) in [6.07, 6.45) is 0.741. The van der Waals surface area contributed by atoms with E-state index in [4.69, 9.17) is 14.2 Å². The fourth-order valence-corrected chi connectivity index (χ4v) is 3.38. The minimum Gasteiger partial charge on any atom is -0.486 e. The number of aryl methyl sites for hydroxylation is 1. The van der Waals surface area contributed by atoms with E-state index in [0.29, 0.717) is 42.7 Å². The van der Waals surface area contributed by atoms with E-state index >= 15 is 0 Å². The van der Waals surface area contributed by atoms with E-state index in [2.05, 4.69) is 24.3 Å². The fraction of sp³-hybridized carbons (Fsp3) is 0.500. The van der Waals surface area contributed by atoms with Gasteiger partial charge in [0.25, 0.3) is 5.91 Å². The van der Waals surface area contributed by atoms with E-state index in [1.54, 1.807) is 18.2 Å². The molecule has 3 rings (SSSR count). The van der Waals surface area contributed by atoms with Crippen LogP contribution in [-0.2, 0) is 27.3 Å². The number of ether oxygens (including phenoxy) is 3. The molecular weight excluding hydrogens is 386 g/mol. The SMILES string of the molecule is Cc1nn(CC(C)C)c(C)c1CCC(=O)OCC(=O)Nc1ccc2c(c1)OCCO2. The Hall–Kier alpha value is -3.03. The van der Waals surface area contributed by atoms with Gasteiger partial charge in [-0.2, -0.15) is 5.10 Å². The predicted octanol–water partition coefficient (Wildman–Crippen LogP) is 3.04. The first-order valence-electron chi connectivity index (χ1n) is 10.2. The van der Waals surface area contributed by atoms with Gasteiger partial charge in [-0.1, -0.05) is 13.8 Å². The van der Waals surface area contributed by atoms with Crippen molar-refractivity contribution in [3.63, 3.8) is 0 Å². The Morgan fingerprint density at radius 2 is 1.93 bits per heavy atom. The van der Waals surface area contributed by atoms with E-state index in [1.165, 1.54) is 0 Å². The van der Waals surface area contributed by atoms with Gasteiger partial charge in [-0.15, -0.1) is 0 Å². The maximum absolute atomic E-state index is 12.1. The third-order valence-corrected chi connectivity index (χ3v) is 4.84. The quantitative estimate of drug-likeness (QED) is 0.667. The van der Waals surface area contributed by atoms with Gasteiger partial charge in [0.2, 0.25) is 0 Å². The third kappa shape index (κ3) is 5.52. The fourth-order valence-electron chi connectivity index (χ4n) is 3.38. The second-order valence-electron chi connectivity index (χ2n) is 7.79. The van der Waals surface area contributed by atoms with E-state index in [1.807, 2.05) is 18.5 Å². The van der Waals surface area contributed by atoms with Crippen LogP contribution < -0.4 is 14.8 Å². The lowest BCUT2D eigenvalue weighted by atomic mass is 10.1. The molecule has 1 amide bonds. The summed E-state index contributed by atoms with van der Waals surface area (Å²) in [6.45, 7) is 9.74. The Morgan fingerprint density at radius 3 is 2.67 bits per heavy atom. The number of anilines is 1. The van der Waals surface area contributed by atoms with E-state index in [-0.39, 0.29) is 13.0 Å². The Balaban J connectivity index is 1.46. The number of carbonyl (C=O) groups is 2. The zero-order valence-corrected chi connectivity index (χ0v) is 18.0. The number of fused-ring (bicyclic) bond motifs is 1. The minimum atomic E-state index is -0.414. The van der Waals surface area contributed by atoms with Gasteiger partial charge in [-0.25, -0.2) is 0 Å². The molecule has 0 unspecified atom stereocenters. The molecule has 0 bridgehead atoms. The molecule has 1 aromatic heterocycles. The topological polar surface area (TPSA) is 91.7 Å². The Labute approximate surface area is 176 Å². The lowest BCUT2D eigenvalue weighted by Gasteiger charge is -2.19. The number of rotatable bonds is 8. The molecule has 0 fully saturated rings. The predicted molar refractivity (Wildman–Crippen MR) is 112 cm³/mol. The number of aromatic nitrogens is 2. The van der Waals surface area contributed by atoms with Crippen LogP contribution in [0.5, 0.6) is 11.5 Å². The van der Waals surface area contributed by atoms with Crippen LogP contribution in [0.2, 0.25) is 0 Å². The summed E-state index contributed by atoms with van der Waals surface area (Å²) in [5, 5.41) is 7.26. The summed E-state index contributed by atoms with van der Waals surface area (Å²) in [5.41, 5.74) is 3.63. The van der Waals surface area contributed by atoms with Crippen molar-refractivity contribution in [3.05, 3.63) is 35.2 Å². The first-order chi connectivity index (χ1) is 14.3. The van der Waals surface area contributed by atoms with Crippen molar-refractivity contribution in [1.82, 2.24) is 9.78 Å². The van der Waals surface area contributed by atoms with Crippen molar-refractivity contribution in [2.75, 3.05) is 25.1 Å². The average molecular weight is 415 g/mol. The third-order valence-electron chi connectivity index (χ3n) is 4.84. The minimum absolute atomic E-state index is 0.201. The largest absolute Gasteiger partial charge is 0.486 e. The Kier molecular flexibility index (Phi) is 6.97. The summed E-state index contributed by atoms with van der Waals surface area (Å²) >= 11 is 0. The molecule has 2 aromatic rings. The zero-order valence-electron chi connectivity index (χ0n) is 18.0. The lowest BCUT2D eigenvalue weighted by molar-refractivity contribution is -0.147. The average Bonchev–Trinajstić information content (AvgIpc) is 2.96. The van der Waals surface area contributed by atoms with Crippen LogP contribution in [0.25, 0.3) is 0 Å². The van der Waals surface area contributed by atoms with Crippen molar-refractivity contribution in [2.24, 2.45) is 5.92 Å². The van der Waals surface area contributed by atoms with Gasteiger partial charge >= 0.3 is 5.97 Å². The van der Waals surface area contributed by atoms with Crippen LogP contribution in [0.4, 0.5) is 5.69 Å². The molecule has 30 heavy (non-hydrogen) atoms. The second-order valence-corrected chi connectivity index (χ2v) is 7.79. The highest BCUT2D eigenvalue weighted by Gasteiger charge is 2.16. The van der Waals surface area contributed by atoms with Crippen LogP contribution in [0.15, 0.2) is 18.2 Å². The molecule has 0 aliphatic carbocycles. The van der Waals surface area contributed by atoms with Crippen molar-refractivity contribution in [1.29, 1.82) is 0 Å². The molecule has 8 heteroatoms. The first-order valence-corrected chi connectivity index (χ1v) is 10.2. The summed E-state index contributed by atoms with van der Waals surface area (Å²) in [4.78, 5) is 24.2. The van der Waals surface area contributed by atoms with Crippen LogP contribution in [0.3, 0.4) is 0 Å². The summed E-state index contributed by atoms with van der Waals surface area (Å²) in [7, 11) is 0. The number of nitrogens with zero attached hydrogens (tertiary/aromatic N) is 2. The molecule has 1 aliphatic rings. The van der Waals surface area contributed by atoms with Crippen molar-refractivity contribution in [3.8, 4) is 11.5 Å². The number of hydrogen-bond donors (Lipinski definition) is 1. The zero-order chi connectivity index (χ0) is 21.7. The lowest BCUT2D eigenvalue weighted by Crippen LogP contribution is -2.21. The van der Waals surface area contributed by atoms with E-state index in [0.717, 1.165) is 23.5 Å². The maximum atomic E-state index is 12.1. The molecule has 1 N–H and O–H groups in total. The molecule has 2 heterocycles. The first kappa shape index (κ1) is 21.7. The van der Waals surface area contributed by atoms with Crippen LogP contribution in [0, 0.1) is 19.8 Å². The monoisotopic (exact) mass is 415 g/mol. The van der Waals surface area contributed by atoms with Crippen LogP contribution in [0.1, 0.15) is 37.2 Å². The van der Waals surface area contributed by atoms with E-state index in [9.17, 15) is 9.59 Å². The molecule has 0 radical (unpaired) electrons. The number of nitrogens with one attached hydrogen (secondary N) is 1. The molecular formula is C22H29N3O5. The molecule has 0 spiro atoms. The van der Waals surface area contributed by atoms with Gasteiger partial charge < -0.3 is 19.5 Å². The van der Waals surface area contributed by atoms with Gasteiger partial charge in [0.1, 0.15) is 13.2 Å². The molecule has 1 aliphatic heterocycles. The van der Waals surface area contributed by atoms with Crippen molar-refractivity contribution in [2.45, 2.75) is 47.1 Å². The van der Waals surface area contributed by atoms with Gasteiger partial charge in [0, 0.05) is 30.4 Å². The van der Waals surface area contributed by atoms with E-state index < -0.39 is 11.9 Å². The Bertz CT molecular complexity index is 920. The highest BCUT2D eigenvalue weighted by atomic mass is 16.6.